The van der Waals surface area contributed by atoms with Crippen molar-refractivity contribution in [3.63, 3.8) is 0 Å². The normalized spacial score (nSPS) is 30.8. The molecule has 1 aromatic rings. The lowest BCUT2D eigenvalue weighted by atomic mass is 9.83. The van der Waals surface area contributed by atoms with Crippen molar-refractivity contribution in [2.45, 2.75) is 63.7 Å². The lowest BCUT2D eigenvalue weighted by Gasteiger charge is -2.40. The summed E-state index contributed by atoms with van der Waals surface area (Å²) >= 11 is 6.46. The summed E-state index contributed by atoms with van der Waals surface area (Å²) in [5.74, 6) is 0.661. The van der Waals surface area contributed by atoms with Crippen LogP contribution in [-0.4, -0.2) is 40.9 Å². The predicted octanol–water partition coefficient (Wildman–Crippen LogP) is 3.08. The van der Waals surface area contributed by atoms with Gasteiger partial charge in [0.1, 0.15) is 0 Å². The zero-order valence-corrected chi connectivity index (χ0v) is 14.1. The average Bonchev–Trinajstić information content (AvgIpc) is 2.90. The molecule has 3 unspecified atom stereocenters. The fourth-order valence-electron chi connectivity index (χ4n) is 4.39. The van der Waals surface area contributed by atoms with Gasteiger partial charge in [-0.05, 0) is 52.1 Å². The van der Waals surface area contributed by atoms with Gasteiger partial charge >= 0.3 is 0 Å². The van der Waals surface area contributed by atoms with Crippen molar-refractivity contribution >= 4 is 11.6 Å². The summed E-state index contributed by atoms with van der Waals surface area (Å²) in [4.78, 5) is 2.59. The molecule has 4 nitrogen and oxygen atoms in total. The van der Waals surface area contributed by atoms with Gasteiger partial charge in [-0.3, -0.25) is 4.68 Å². The fourth-order valence-corrected chi connectivity index (χ4v) is 4.65. The maximum Gasteiger partial charge on any atom is 0.0834 e. The molecule has 0 amide bonds. The third-order valence-corrected chi connectivity index (χ3v) is 5.77. The molecule has 3 heterocycles. The molecule has 0 spiro atoms. The number of aryl methyl sites for hydroxylation is 1. The summed E-state index contributed by atoms with van der Waals surface area (Å²) < 4.78 is 2.10. The molecular formula is C16H27ClN4. The number of piperidine rings is 1. The molecule has 1 N–H and O–H groups in total. The summed E-state index contributed by atoms with van der Waals surface area (Å²) in [6.07, 6.45) is 8.14. The molecule has 118 valence electrons. The highest BCUT2D eigenvalue weighted by Crippen LogP contribution is 2.43. The third-order valence-electron chi connectivity index (χ3n) is 5.48. The van der Waals surface area contributed by atoms with Crippen LogP contribution in [0, 0.1) is 5.92 Å². The Morgan fingerprint density at radius 3 is 2.62 bits per heavy atom. The van der Waals surface area contributed by atoms with E-state index in [1.807, 2.05) is 0 Å². The van der Waals surface area contributed by atoms with Gasteiger partial charge in [0, 0.05) is 18.6 Å². The zero-order chi connectivity index (χ0) is 15.0. The highest BCUT2D eigenvalue weighted by molar-refractivity contribution is 6.31. The lowest BCUT2D eigenvalue weighted by molar-refractivity contribution is 0.112. The van der Waals surface area contributed by atoms with E-state index in [1.54, 1.807) is 6.20 Å². The zero-order valence-electron chi connectivity index (χ0n) is 13.3. The van der Waals surface area contributed by atoms with Gasteiger partial charge in [0.25, 0.3) is 0 Å². The standard InChI is InChI=1S/C16H27ClN4/c1-4-7-21-16(14(17)10-19-21)15(18-2)11-8-12-5-6-13(9-11)20(12)3/h10-13,15,18H,4-9H2,1-3H3. The number of rotatable bonds is 5. The Labute approximate surface area is 132 Å². The number of nitrogens with one attached hydrogen (secondary N) is 1. The van der Waals surface area contributed by atoms with Crippen LogP contribution in [0.4, 0.5) is 0 Å². The maximum absolute atomic E-state index is 6.46. The largest absolute Gasteiger partial charge is 0.311 e. The Morgan fingerprint density at radius 2 is 2.05 bits per heavy atom. The van der Waals surface area contributed by atoms with Crippen LogP contribution in [0.2, 0.25) is 5.02 Å². The molecule has 3 rings (SSSR count). The molecule has 2 bridgehead atoms. The molecule has 2 aliphatic rings. The van der Waals surface area contributed by atoms with Gasteiger partial charge in [0.05, 0.1) is 23.0 Å². The molecule has 21 heavy (non-hydrogen) atoms. The van der Waals surface area contributed by atoms with Crippen molar-refractivity contribution in [1.29, 1.82) is 0 Å². The van der Waals surface area contributed by atoms with Crippen LogP contribution < -0.4 is 5.32 Å². The number of hydrogen-bond donors (Lipinski definition) is 1. The predicted molar refractivity (Wildman–Crippen MR) is 86.6 cm³/mol. The Hall–Kier alpha value is -0.580. The van der Waals surface area contributed by atoms with Crippen molar-refractivity contribution in [3.05, 3.63) is 16.9 Å². The van der Waals surface area contributed by atoms with E-state index in [-0.39, 0.29) is 0 Å². The van der Waals surface area contributed by atoms with E-state index in [4.69, 9.17) is 11.6 Å². The minimum Gasteiger partial charge on any atom is -0.311 e. The summed E-state index contributed by atoms with van der Waals surface area (Å²) in [6.45, 7) is 3.13. The first-order valence-corrected chi connectivity index (χ1v) is 8.63. The van der Waals surface area contributed by atoms with Crippen molar-refractivity contribution in [3.8, 4) is 0 Å². The van der Waals surface area contributed by atoms with Crippen LogP contribution in [0.3, 0.4) is 0 Å². The van der Waals surface area contributed by atoms with Crippen LogP contribution in [0.5, 0.6) is 0 Å². The number of aromatic nitrogens is 2. The molecule has 0 radical (unpaired) electrons. The van der Waals surface area contributed by atoms with Crippen molar-refractivity contribution < 1.29 is 0 Å². The Balaban J connectivity index is 1.84. The van der Waals surface area contributed by atoms with Crippen molar-refractivity contribution in [2.75, 3.05) is 14.1 Å². The molecule has 2 fully saturated rings. The second kappa shape index (κ2) is 6.27. The number of nitrogens with zero attached hydrogens (tertiary/aromatic N) is 3. The van der Waals surface area contributed by atoms with Crippen molar-refractivity contribution in [1.82, 2.24) is 20.0 Å². The number of fused-ring (bicyclic) bond motifs is 2. The minimum atomic E-state index is 0.323. The van der Waals surface area contributed by atoms with Crippen molar-refractivity contribution in [2.24, 2.45) is 5.92 Å². The van der Waals surface area contributed by atoms with Gasteiger partial charge in [0.15, 0.2) is 0 Å². The Morgan fingerprint density at radius 1 is 1.38 bits per heavy atom. The first kappa shape index (κ1) is 15.3. The number of hydrogen-bond acceptors (Lipinski definition) is 3. The van der Waals surface area contributed by atoms with E-state index >= 15 is 0 Å². The fraction of sp³-hybridized carbons (Fsp3) is 0.812. The molecule has 2 aliphatic heterocycles. The van der Waals surface area contributed by atoms with Gasteiger partial charge in [-0.2, -0.15) is 5.10 Å². The van der Waals surface area contributed by atoms with Gasteiger partial charge in [-0.1, -0.05) is 18.5 Å². The second-order valence-corrected chi connectivity index (χ2v) is 7.06. The summed E-state index contributed by atoms with van der Waals surface area (Å²) in [5.41, 5.74) is 1.19. The Bertz CT molecular complexity index is 473. The van der Waals surface area contributed by atoms with Crippen LogP contribution in [0.15, 0.2) is 6.20 Å². The summed E-state index contributed by atoms with van der Waals surface area (Å²) in [7, 11) is 4.35. The van der Waals surface area contributed by atoms with Crippen LogP contribution in [0.25, 0.3) is 0 Å². The molecule has 1 aromatic heterocycles. The quantitative estimate of drug-likeness (QED) is 0.907. The summed E-state index contributed by atoms with van der Waals surface area (Å²) in [5, 5.41) is 8.82. The van der Waals surface area contributed by atoms with Gasteiger partial charge in [-0.25, -0.2) is 0 Å². The van der Waals surface area contributed by atoms with E-state index in [0.29, 0.717) is 12.0 Å². The molecule has 3 atom stereocenters. The molecule has 0 aliphatic carbocycles. The van der Waals surface area contributed by atoms with E-state index in [2.05, 4.69) is 41.0 Å². The summed E-state index contributed by atoms with van der Waals surface area (Å²) in [6, 6.07) is 1.83. The van der Waals surface area contributed by atoms with E-state index in [0.717, 1.165) is 30.1 Å². The van der Waals surface area contributed by atoms with E-state index < -0.39 is 0 Å². The molecular weight excluding hydrogens is 284 g/mol. The first-order chi connectivity index (χ1) is 10.2. The minimum absolute atomic E-state index is 0.323. The highest BCUT2D eigenvalue weighted by Gasteiger charge is 2.42. The van der Waals surface area contributed by atoms with Crippen LogP contribution in [0.1, 0.15) is 50.8 Å². The van der Waals surface area contributed by atoms with E-state index in [1.165, 1.54) is 31.4 Å². The highest BCUT2D eigenvalue weighted by atomic mass is 35.5. The second-order valence-electron chi connectivity index (χ2n) is 6.65. The third kappa shape index (κ3) is 2.73. The molecule has 5 heteroatoms. The number of halogens is 1. The monoisotopic (exact) mass is 310 g/mol. The van der Waals surface area contributed by atoms with Crippen LogP contribution in [-0.2, 0) is 6.54 Å². The molecule has 0 aromatic carbocycles. The van der Waals surface area contributed by atoms with Gasteiger partial charge in [0.2, 0.25) is 0 Å². The Kier molecular flexibility index (Phi) is 4.57. The molecule has 0 saturated carbocycles. The maximum atomic E-state index is 6.46. The molecule has 2 saturated heterocycles. The SMILES string of the molecule is CCCn1ncc(Cl)c1C(NC)C1CC2CCC(C1)N2C. The van der Waals surface area contributed by atoms with Gasteiger partial charge < -0.3 is 10.2 Å². The lowest BCUT2D eigenvalue weighted by Crippen LogP contribution is -2.43. The average molecular weight is 311 g/mol. The first-order valence-electron chi connectivity index (χ1n) is 8.26. The van der Waals surface area contributed by atoms with Crippen LogP contribution >= 0.6 is 11.6 Å². The van der Waals surface area contributed by atoms with Gasteiger partial charge in [-0.15, -0.1) is 0 Å². The smallest absolute Gasteiger partial charge is 0.0834 e. The topological polar surface area (TPSA) is 33.1 Å². The van der Waals surface area contributed by atoms with E-state index in [9.17, 15) is 0 Å².